The molecule has 0 aromatic heterocycles. The standard InChI is InChI=1S/C30H41N3O4S/c1-6-14-31(15-7-2)27(35)24-23-12-13-30(38-23)25(24)28(36)33(17-9-18-34)26(30)29(37)32(16-8-3)22-19-20(4)10-11-21(22)5/h6,8,10-11,19,23-26,34H,1,3,7,9,12-18H2,2,4-5H3/t23-,24+,25-,26?,30?/m0/s1. The Labute approximate surface area is 230 Å². The zero-order valence-electron chi connectivity index (χ0n) is 22.9. The van der Waals surface area contributed by atoms with Crippen molar-refractivity contribution in [1.82, 2.24) is 9.80 Å². The third-order valence-electron chi connectivity index (χ3n) is 8.26. The van der Waals surface area contributed by atoms with Gasteiger partial charge in [0.25, 0.3) is 5.91 Å². The van der Waals surface area contributed by atoms with Crippen molar-refractivity contribution in [2.24, 2.45) is 11.8 Å². The van der Waals surface area contributed by atoms with Crippen molar-refractivity contribution in [3.63, 3.8) is 0 Å². The van der Waals surface area contributed by atoms with Crippen molar-refractivity contribution in [2.45, 2.75) is 62.5 Å². The molecule has 7 nitrogen and oxygen atoms in total. The van der Waals surface area contributed by atoms with E-state index in [1.807, 2.05) is 43.9 Å². The maximum absolute atomic E-state index is 14.6. The normalized spacial score (nSPS) is 27.4. The summed E-state index contributed by atoms with van der Waals surface area (Å²) in [6.07, 6.45) is 6.18. The molecule has 0 radical (unpaired) electrons. The van der Waals surface area contributed by atoms with Gasteiger partial charge in [-0.3, -0.25) is 14.4 Å². The van der Waals surface area contributed by atoms with E-state index in [0.717, 1.165) is 36.1 Å². The van der Waals surface area contributed by atoms with E-state index in [2.05, 4.69) is 13.2 Å². The predicted octanol–water partition coefficient (Wildman–Crippen LogP) is 3.72. The third kappa shape index (κ3) is 4.70. The summed E-state index contributed by atoms with van der Waals surface area (Å²) in [6.45, 7) is 15.3. The highest BCUT2D eigenvalue weighted by Crippen LogP contribution is 2.66. The highest BCUT2D eigenvalue weighted by Gasteiger charge is 2.74. The maximum Gasteiger partial charge on any atom is 0.251 e. The lowest BCUT2D eigenvalue weighted by Crippen LogP contribution is -2.55. The SMILES string of the molecule is C=CCN(CCC)C(=O)[C@@H]1[C@@H]2CCC3(S2)C(C(=O)N(CC=C)c2cc(C)ccc2C)N(CCCO)C(=O)[C@H]13. The van der Waals surface area contributed by atoms with Gasteiger partial charge in [0.15, 0.2) is 0 Å². The summed E-state index contributed by atoms with van der Waals surface area (Å²) in [7, 11) is 0. The first-order valence-electron chi connectivity index (χ1n) is 13.7. The molecular formula is C30H41N3O4S. The second-order valence-corrected chi connectivity index (χ2v) is 12.4. The van der Waals surface area contributed by atoms with Gasteiger partial charge in [-0.05, 0) is 56.7 Å². The van der Waals surface area contributed by atoms with Crippen LogP contribution in [0.4, 0.5) is 5.69 Å². The van der Waals surface area contributed by atoms with Crippen LogP contribution in [0.1, 0.15) is 43.7 Å². The molecule has 3 heterocycles. The van der Waals surface area contributed by atoms with E-state index in [1.165, 1.54) is 0 Å². The zero-order valence-corrected chi connectivity index (χ0v) is 23.7. The number of anilines is 1. The molecule has 4 rings (SSSR count). The summed E-state index contributed by atoms with van der Waals surface area (Å²) >= 11 is 1.68. The Balaban J connectivity index is 1.77. The molecule has 38 heavy (non-hydrogen) atoms. The quantitative estimate of drug-likeness (QED) is 0.410. The number of carbonyl (C=O) groups is 3. The van der Waals surface area contributed by atoms with Gasteiger partial charge in [0.1, 0.15) is 6.04 Å². The second-order valence-electron chi connectivity index (χ2n) is 10.8. The molecule has 1 aromatic carbocycles. The number of hydrogen-bond donors (Lipinski definition) is 1. The predicted molar refractivity (Wildman–Crippen MR) is 153 cm³/mol. The van der Waals surface area contributed by atoms with Gasteiger partial charge in [-0.25, -0.2) is 0 Å². The number of carbonyl (C=O) groups excluding carboxylic acids is 3. The number of aliphatic hydroxyl groups is 1. The van der Waals surface area contributed by atoms with Crippen molar-refractivity contribution < 1.29 is 19.5 Å². The zero-order chi connectivity index (χ0) is 27.6. The van der Waals surface area contributed by atoms with E-state index < -0.39 is 22.6 Å². The average Bonchev–Trinajstić information content (AvgIpc) is 3.54. The van der Waals surface area contributed by atoms with E-state index in [4.69, 9.17) is 0 Å². The number of hydrogen-bond acceptors (Lipinski definition) is 5. The molecular weight excluding hydrogens is 498 g/mol. The number of thioether (sulfide) groups is 1. The number of likely N-dealkylation sites (tertiary alicyclic amines) is 1. The number of benzene rings is 1. The molecule has 3 fully saturated rings. The Hall–Kier alpha value is -2.58. The van der Waals surface area contributed by atoms with E-state index >= 15 is 0 Å². The first kappa shape index (κ1) is 28.4. The Morgan fingerprint density at radius 3 is 2.61 bits per heavy atom. The van der Waals surface area contributed by atoms with Crippen molar-refractivity contribution in [2.75, 3.05) is 37.7 Å². The summed E-state index contributed by atoms with van der Waals surface area (Å²) in [4.78, 5) is 47.8. The van der Waals surface area contributed by atoms with E-state index in [1.54, 1.807) is 33.7 Å². The van der Waals surface area contributed by atoms with E-state index in [-0.39, 0.29) is 36.1 Å². The molecule has 2 bridgehead atoms. The topological polar surface area (TPSA) is 81.2 Å². The lowest BCUT2D eigenvalue weighted by Gasteiger charge is -2.38. The van der Waals surface area contributed by atoms with Crippen LogP contribution in [0, 0.1) is 25.7 Å². The molecule has 3 aliphatic heterocycles. The lowest BCUT2D eigenvalue weighted by molar-refractivity contribution is -0.144. The van der Waals surface area contributed by atoms with Crippen molar-refractivity contribution in [3.05, 3.63) is 54.6 Å². The fourth-order valence-electron chi connectivity index (χ4n) is 6.72. The largest absolute Gasteiger partial charge is 0.396 e. The number of fused-ring (bicyclic) bond motifs is 1. The van der Waals surface area contributed by atoms with Crippen molar-refractivity contribution >= 4 is 35.2 Å². The van der Waals surface area contributed by atoms with Crippen LogP contribution < -0.4 is 4.90 Å². The van der Waals surface area contributed by atoms with Gasteiger partial charge in [0.2, 0.25) is 11.8 Å². The molecule has 0 aliphatic carbocycles. The number of aliphatic hydroxyl groups excluding tert-OH is 1. The molecule has 5 atom stereocenters. The lowest BCUT2D eigenvalue weighted by atomic mass is 9.70. The van der Waals surface area contributed by atoms with Crippen LogP contribution in [0.25, 0.3) is 0 Å². The van der Waals surface area contributed by atoms with Crippen LogP contribution in [-0.2, 0) is 14.4 Å². The van der Waals surface area contributed by atoms with Gasteiger partial charge in [0.05, 0.1) is 16.6 Å². The van der Waals surface area contributed by atoms with Gasteiger partial charge < -0.3 is 19.8 Å². The second kappa shape index (κ2) is 11.7. The Morgan fingerprint density at radius 2 is 1.95 bits per heavy atom. The molecule has 1 spiro atoms. The Bertz CT molecular complexity index is 1110. The minimum atomic E-state index is -0.696. The number of nitrogens with zero attached hydrogens (tertiary/aromatic N) is 3. The molecule has 0 saturated carbocycles. The minimum Gasteiger partial charge on any atom is -0.396 e. The molecule has 3 saturated heterocycles. The smallest absolute Gasteiger partial charge is 0.251 e. The van der Waals surface area contributed by atoms with Gasteiger partial charge >= 0.3 is 0 Å². The molecule has 2 unspecified atom stereocenters. The molecule has 1 aromatic rings. The Morgan fingerprint density at radius 1 is 1.21 bits per heavy atom. The third-order valence-corrected chi connectivity index (χ3v) is 10.2. The van der Waals surface area contributed by atoms with Crippen LogP contribution in [0.2, 0.25) is 0 Å². The minimum absolute atomic E-state index is 0.00291. The summed E-state index contributed by atoms with van der Waals surface area (Å²) in [5, 5.41) is 9.64. The molecule has 206 valence electrons. The van der Waals surface area contributed by atoms with Crippen molar-refractivity contribution in [3.8, 4) is 0 Å². The van der Waals surface area contributed by atoms with Crippen LogP contribution in [-0.4, -0.2) is 81.5 Å². The monoisotopic (exact) mass is 539 g/mol. The average molecular weight is 540 g/mol. The fourth-order valence-corrected chi connectivity index (χ4v) is 8.92. The van der Waals surface area contributed by atoms with Crippen molar-refractivity contribution in [1.29, 1.82) is 0 Å². The van der Waals surface area contributed by atoms with Crippen LogP contribution in [0.3, 0.4) is 0 Å². The number of aryl methyl sites for hydroxylation is 2. The van der Waals surface area contributed by atoms with E-state index in [9.17, 15) is 19.5 Å². The first-order valence-corrected chi connectivity index (χ1v) is 14.6. The summed E-state index contributed by atoms with van der Waals surface area (Å²) < 4.78 is -0.655. The maximum atomic E-state index is 14.6. The van der Waals surface area contributed by atoms with Crippen LogP contribution >= 0.6 is 11.8 Å². The molecule has 3 aliphatic rings. The molecule has 1 N–H and O–H groups in total. The molecule has 3 amide bonds. The van der Waals surface area contributed by atoms with Gasteiger partial charge in [0, 0.05) is 43.7 Å². The number of rotatable bonds is 12. The van der Waals surface area contributed by atoms with Gasteiger partial charge in [-0.15, -0.1) is 24.9 Å². The molecule has 8 heteroatoms. The Kier molecular flexibility index (Phi) is 8.72. The summed E-state index contributed by atoms with van der Waals surface area (Å²) in [6, 6.07) is 5.33. The summed E-state index contributed by atoms with van der Waals surface area (Å²) in [5.41, 5.74) is 2.83. The number of amides is 3. The van der Waals surface area contributed by atoms with Gasteiger partial charge in [-0.1, -0.05) is 31.2 Å². The van der Waals surface area contributed by atoms with Crippen LogP contribution in [0.15, 0.2) is 43.5 Å². The van der Waals surface area contributed by atoms with Crippen LogP contribution in [0.5, 0.6) is 0 Å². The summed E-state index contributed by atoms with van der Waals surface area (Å²) in [5.74, 6) is -1.25. The van der Waals surface area contributed by atoms with E-state index in [0.29, 0.717) is 26.1 Å². The van der Waals surface area contributed by atoms with Gasteiger partial charge in [-0.2, -0.15) is 0 Å². The fraction of sp³-hybridized carbons (Fsp3) is 0.567. The first-order chi connectivity index (χ1) is 18.2. The highest BCUT2D eigenvalue weighted by molar-refractivity contribution is 8.02. The highest BCUT2D eigenvalue weighted by atomic mass is 32.2.